The molecule has 0 aliphatic carbocycles. The molecule has 0 radical (unpaired) electrons. The summed E-state index contributed by atoms with van der Waals surface area (Å²) in [7, 11) is 0. The highest BCUT2D eigenvalue weighted by Gasteiger charge is 2.12. The van der Waals surface area contributed by atoms with E-state index in [-0.39, 0.29) is 11.7 Å². The average Bonchev–Trinajstić information content (AvgIpc) is 3.16. The molecule has 0 fully saturated rings. The number of amides is 1. The Morgan fingerprint density at radius 3 is 2.58 bits per heavy atom. The van der Waals surface area contributed by atoms with Crippen molar-refractivity contribution >= 4 is 33.7 Å². The van der Waals surface area contributed by atoms with E-state index in [2.05, 4.69) is 15.0 Å². The van der Waals surface area contributed by atoms with Gasteiger partial charge in [-0.05, 0) is 43.3 Å². The highest BCUT2D eigenvalue weighted by molar-refractivity contribution is 7.17. The van der Waals surface area contributed by atoms with E-state index in [0.29, 0.717) is 10.7 Å². The Morgan fingerprint density at radius 2 is 1.96 bits per heavy atom. The van der Waals surface area contributed by atoms with Crippen LogP contribution in [0.5, 0.6) is 5.75 Å². The molecular weight excluding hydrogens is 354 g/mol. The summed E-state index contributed by atoms with van der Waals surface area (Å²) in [4.78, 5) is 18.8. The fraction of sp³-hybridized carbons (Fsp3) is 0.125. The zero-order valence-electron chi connectivity index (χ0n) is 12.5. The van der Waals surface area contributed by atoms with Gasteiger partial charge in [0.05, 0.1) is 10.6 Å². The summed E-state index contributed by atoms with van der Waals surface area (Å²) in [5.74, 6) is -0.354. The van der Waals surface area contributed by atoms with Crippen molar-refractivity contribution in [3.63, 3.8) is 0 Å². The summed E-state index contributed by atoms with van der Waals surface area (Å²) < 4.78 is 28.5. The molecule has 0 atom stereocenters. The maximum atomic E-state index is 12.2. The van der Waals surface area contributed by atoms with Gasteiger partial charge in [0, 0.05) is 15.8 Å². The lowest BCUT2D eigenvalue weighted by molar-refractivity contribution is -0.0498. The number of hydrogen-bond acceptors (Lipinski definition) is 5. The fourth-order valence-corrected chi connectivity index (χ4v) is 3.58. The van der Waals surface area contributed by atoms with Crippen molar-refractivity contribution in [2.75, 3.05) is 5.32 Å². The van der Waals surface area contributed by atoms with Gasteiger partial charge in [-0.2, -0.15) is 8.78 Å². The van der Waals surface area contributed by atoms with Crippen LogP contribution >= 0.6 is 22.7 Å². The predicted molar refractivity (Wildman–Crippen MR) is 91.2 cm³/mol. The van der Waals surface area contributed by atoms with Crippen LogP contribution in [0.3, 0.4) is 0 Å². The number of nitrogens with zero attached hydrogens (tertiary/aromatic N) is 1. The van der Waals surface area contributed by atoms with Crippen molar-refractivity contribution < 1.29 is 18.3 Å². The number of benzene rings is 1. The zero-order valence-corrected chi connectivity index (χ0v) is 14.1. The molecule has 3 aromatic rings. The normalized spacial score (nSPS) is 10.8. The summed E-state index contributed by atoms with van der Waals surface area (Å²) in [6.45, 7) is -0.871. The van der Waals surface area contributed by atoms with Crippen LogP contribution in [0.25, 0.3) is 10.6 Å². The van der Waals surface area contributed by atoms with Crippen molar-refractivity contribution in [2.45, 2.75) is 13.5 Å². The number of ether oxygens (including phenoxy) is 1. The topological polar surface area (TPSA) is 51.2 Å². The third kappa shape index (κ3) is 3.95. The van der Waals surface area contributed by atoms with E-state index in [4.69, 9.17) is 0 Å². The first-order valence-corrected chi connectivity index (χ1v) is 8.59. The first-order valence-electron chi connectivity index (χ1n) is 6.90. The van der Waals surface area contributed by atoms with E-state index < -0.39 is 6.61 Å². The molecule has 1 aromatic carbocycles. The van der Waals surface area contributed by atoms with Gasteiger partial charge in [0.15, 0.2) is 5.13 Å². The highest BCUT2D eigenvalue weighted by Crippen LogP contribution is 2.30. The Morgan fingerprint density at radius 1 is 1.21 bits per heavy atom. The molecule has 0 aliphatic rings. The highest BCUT2D eigenvalue weighted by atomic mass is 32.1. The molecule has 0 saturated carbocycles. The summed E-state index contributed by atoms with van der Waals surface area (Å²) in [6, 6.07) is 9.49. The summed E-state index contributed by atoms with van der Waals surface area (Å²) in [5, 5.41) is 5.06. The van der Waals surface area contributed by atoms with E-state index in [1.165, 1.54) is 40.5 Å². The van der Waals surface area contributed by atoms with Gasteiger partial charge >= 0.3 is 6.61 Å². The minimum atomic E-state index is -2.89. The van der Waals surface area contributed by atoms with Gasteiger partial charge in [0.2, 0.25) is 0 Å². The second kappa shape index (κ2) is 7.06. The second-order valence-corrected chi connectivity index (χ2v) is 6.95. The summed E-state index contributed by atoms with van der Waals surface area (Å²) >= 11 is 2.96. The lowest BCUT2D eigenvalue weighted by Crippen LogP contribution is -2.11. The lowest BCUT2D eigenvalue weighted by Gasteiger charge is -2.05. The maximum Gasteiger partial charge on any atom is 0.387 e. The Balaban J connectivity index is 1.67. The number of alkyl halides is 2. The van der Waals surface area contributed by atoms with Crippen LogP contribution in [0.2, 0.25) is 0 Å². The Bertz CT molecular complexity index is 844. The molecule has 124 valence electrons. The number of hydrogen-bond donors (Lipinski definition) is 1. The van der Waals surface area contributed by atoms with E-state index in [9.17, 15) is 13.6 Å². The Labute approximate surface area is 144 Å². The van der Waals surface area contributed by atoms with Crippen molar-refractivity contribution in [3.8, 4) is 16.3 Å². The Hall–Kier alpha value is -2.32. The monoisotopic (exact) mass is 366 g/mol. The largest absolute Gasteiger partial charge is 0.435 e. The van der Waals surface area contributed by atoms with Crippen molar-refractivity contribution in [3.05, 3.63) is 52.2 Å². The molecular formula is C16H12F2N2O2S2. The molecule has 3 rings (SSSR count). The number of aromatic nitrogens is 1. The van der Waals surface area contributed by atoms with Gasteiger partial charge in [0.1, 0.15) is 5.75 Å². The van der Waals surface area contributed by atoms with Crippen LogP contribution in [0, 0.1) is 6.92 Å². The van der Waals surface area contributed by atoms with E-state index in [0.717, 1.165) is 10.6 Å². The van der Waals surface area contributed by atoms with Gasteiger partial charge in [-0.3, -0.25) is 10.1 Å². The predicted octanol–water partition coefficient (Wildman–Crippen LogP) is 5.03. The quantitative estimate of drug-likeness (QED) is 0.689. The van der Waals surface area contributed by atoms with Crippen LogP contribution in [0.1, 0.15) is 15.2 Å². The molecule has 0 spiro atoms. The number of thiophene rings is 1. The molecule has 2 heterocycles. The molecule has 8 heteroatoms. The lowest BCUT2D eigenvalue weighted by atomic mass is 10.2. The van der Waals surface area contributed by atoms with Crippen molar-refractivity contribution in [1.82, 2.24) is 4.98 Å². The molecule has 24 heavy (non-hydrogen) atoms. The molecule has 2 aromatic heterocycles. The van der Waals surface area contributed by atoms with Crippen LogP contribution in [0.15, 0.2) is 41.8 Å². The SMILES string of the molecule is Cc1ccc(-c2csc(NC(=O)c3ccc(OC(F)F)cc3)n2)s1. The van der Waals surface area contributed by atoms with Gasteiger partial charge in [-0.25, -0.2) is 4.98 Å². The smallest absolute Gasteiger partial charge is 0.387 e. The van der Waals surface area contributed by atoms with Crippen molar-refractivity contribution in [2.24, 2.45) is 0 Å². The molecule has 0 unspecified atom stereocenters. The van der Waals surface area contributed by atoms with E-state index in [1.54, 1.807) is 11.3 Å². The molecule has 0 aliphatic heterocycles. The van der Waals surface area contributed by atoms with Crippen LogP contribution in [-0.4, -0.2) is 17.5 Å². The number of aryl methyl sites for hydroxylation is 1. The van der Waals surface area contributed by atoms with E-state index >= 15 is 0 Å². The maximum absolute atomic E-state index is 12.2. The van der Waals surface area contributed by atoms with Gasteiger partial charge in [-0.15, -0.1) is 22.7 Å². The number of thiazole rings is 1. The van der Waals surface area contributed by atoms with Crippen molar-refractivity contribution in [1.29, 1.82) is 0 Å². The first-order chi connectivity index (χ1) is 11.5. The number of anilines is 1. The first kappa shape index (κ1) is 16.5. The third-order valence-electron chi connectivity index (χ3n) is 3.06. The van der Waals surface area contributed by atoms with Crippen LogP contribution in [-0.2, 0) is 0 Å². The van der Waals surface area contributed by atoms with Gasteiger partial charge in [-0.1, -0.05) is 0 Å². The number of nitrogens with one attached hydrogen (secondary N) is 1. The molecule has 4 nitrogen and oxygen atoms in total. The second-order valence-electron chi connectivity index (χ2n) is 4.81. The third-order valence-corrected chi connectivity index (χ3v) is 4.84. The van der Waals surface area contributed by atoms with E-state index in [1.807, 2.05) is 24.4 Å². The number of halogens is 2. The minimum absolute atomic E-state index is 0.00569. The zero-order chi connectivity index (χ0) is 17.1. The van der Waals surface area contributed by atoms with Crippen LogP contribution in [0.4, 0.5) is 13.9 Å². The number of carbonyl (C=O) groups is 1. The number of carbonyl (C=O) groups excluding carboxylic acids is 1. The standard InChI is InChI=1S/C16H12F2N2O2S2/c1-9-2-7-13(24-9)12-8-23-16(19-12)20-14(21)10-3-5-11(6-4-10)22-15(17)18/h2-8,15H,1H3,(H,19,20,21). The van der Waals surface area contributed by atoms with Crippen LogP contribution < -0.4 is 10.1 Å². The van der Waals surface area contributed by atoms with Gasteiger partial charge < -0.3 is 4.74 Å². The molecule has 1 N–H and O–H groups in total. The minimum Gasteiger partial charge on any atom is -0.435 e. The molecule has 0 bridgehead atoms. The Kier molecular flexibility index (Phi) is 4.86. The fourth-order valence-electron chi connectivity index (χ4n) is 1.97. The summed E-state index contributed by atoms with van der Waals surface area (Å²) in [5.41, 5.74) is 1.15. The average molecular weight is 366 g/mol. The number of rotatable bonds is 5. The van der Waals surface area contributed by atoms with Gasteiger partial charge in [0.25, 0.3) is 5.91 Å². The summed E-state index contributed by atoms with van der Waals surface area (Å²) in [6.07, 6.45) is 0. The molecule has 1 amide bonds. The molecule has 0 saturated heterocycles.